The highest BCUT2D eigenvalue weighted by atomic mass is 16.5. The Morgan fingerprint density at radius 1 is 1.03 bits per heavy atom. The number of benzene rings is 2. The van der Waals surface area contributed by atoms with Crippen LogP contribution in [0.3, 0.4) is 0 Å². The lowest BCUT2D eigenvalue weighted by Gasteiger charge is -2.19. The van der Waals surface area contributed by atoms with Gasteiger partial charge in [0.15, 0.2) is 0 Å². The van der Waals surface area contributed by atoms with Gasteiger partial charge < -0.3 is 19.7 Å². The number of rotatable bonds is 6. The molecule has 31 heavy (non-hydrogen) atoms. The number of aromatic nitrogens is 2. The van der Waals surface area contributed by atoms with E-state index in [0.29, 0.717) is 36.4 Å². The summed E-state index contributed by atoms with van der Waals surface area (Å²) in [7, 11) is 3.10. The van der Waals surface area contributed by atoms with Gasteiger partial charge in [-0.25, -0.2) is 0 Å². The van der Waals surface area contributed by atoms with Gasteiger partial charge in [0.1, 0.15) is 0 Å². The number of aryl methyl sites for hydroxylation is 1. The fourth-order valence-electron chi connectivity index (χ4n) is 3.83. The first-order valence-electron chi connectivity index (χ1n) is 10.3. The fourth-order valence-corrected chi connectivity index (χ4v) is 3.83. The van der Waals surface area contributed by atoms with Crippen LogP contribution in [0.4, 0.5) is 5.95 Å². The Morgan fingerprint density at radius 3 is 2.48 bits per heavy atom. The van der Waals surface area contributed by atoms with Crippen molar-refractivity contribution in [1.82, 2.24) is 14.9 Å². The summed E-state index contributed by atoms with van der Waals surface area (Å²) in [5, 5.41) is 3.30. The minimum absolute atomic E-state index is 0.0329. The lowest BCUT2D eigenvalue weighted by Crippen LogP contribution is -2.32. The topological polar surface area (TPSA) is 76.6 Å². The molecule has 1 saturated heterocycles. The number of nitrogens with zero attached hydrogens (tertiary/aromatic N) is 3. The van der Waals surface area contributed by atoms with Crippen molar-refractivity contribution in [2.75, 3.05) is 32.6 Å². The van der Waals surface area contributed by atoms with Crippen LogP contribution in [0.5, 0.6) is 11.8 Å². The van der Waals surface area contributed by atoms with Crippen LogP contribution < -0.4 is 14.8 Å². The standard InChI is InChI=1S/C24H26N4O3/c1-16-7-6-8-17(13-16)19-9-4-5-10-20(19)23(29)28-12-11-18(15-28)25-24-26-21(30-2)14-22(27-24)31-3/h4-10,13-14,18H,11-12,15H2,1-3H3,(H,25,26,27). The predicted octanol–water partition coefficient (Wildman–Crippen LogP) is 3.80. The number of anilines is 1. The van der Waals surface area contributed by atoms with Gasteiger partial charge >= 0.3 is 0 Å². The maximum Gasteiger partial charge on any atom is 0.254 e. The Bertz CT molecular complexity index is 1060. The molecule has 2 heterocycles. The maximum atomic E-state index is 13.4. The largest absolute Gasteiger partial charge is 0.481 e. The summed E-state index contributed by atoms with van der Waals surface area (Å²) < 4.78 is 10.4. The van der Waals surface area contributed by atoms with Crippen LogP contribution in [0.1, 0.15) is 22.3 Å². The second-order valence-electron chi connectivity index (χ2n) is 7.57. The second kappa shape index (κ2) is 9.04. The molecular weight excluding hydrogens is 392 g/mol. The van der Waals surface area contributed by atoms with Gasteiger partial charge in [-0.05, 0) is 30.5 Å². The molecule has 0 radical (unpaired) electrons. The molecule has 1 aliphatic heterocycles. The van der Waals surface area contributed by atoms with Crippen molar-refractivity contribution in [2.24, 2.45) is 0 Å². The van der Waals surface area contributed by atoms with E-state index >= 15 is 0 Å². The Hall–Kier alpha value is -3.61. The number of hydrogen-bond donors (Lipinski definition) is 1. The summed E-state index contributed by atoms with van der Waals surface area (Å²) in [5.41, 5.74) is 3.88. The van der Waals surface area contributed by atoms with E-state index in [1.807, 2.05) is 41.3 Å². The van der Waals surface area contributed by atoms with Crippen molar-refractivity contribution in [3.63, 3.8) is 0 Å². The zero-order valence-corrected chi connectivity index (χ0v) is 18.0. The van der Waals surface area contributed by atoms with Gasteiger partial charge in [-0.2, -0.15) is 9.97 Å². The smallest absolute Gasteiger partial charge is 0.254 e. The molecule has 7 heteroatoms. The molecule has 0 aliphatic carbocycles. The molecule has 160 valence electrons. The van der Waals surface area contributed by atoms with Gasteiger partial charge in [0.05, 0.1) is 20.3 Å². The van der Waals surface area contributed by atoms with Crippen molar-refractivity contribution >= 4 is 11.9 Å². The molecule has 0 saturated carbocycles. The van der Waals surface area contributed by atoms with Crippen LogP contribution in [-0.4, -0.2) is 54.1 Å². The van der Waals surface area contributed by atoms with Crippen molar-refractivity contribution in [1.29, 1.82) is 0 Å². The van der Waals surface area contributed by atoms with Crippen LogP contribution in [0, 0.1) is 6.92 Å². The lowest BCUT2D eigenvalue weighted by molar-refractivity contribution is 0.0792. The quantitative estimate of drug-likeness (QED) is 0.656. The third-order valence-corrected chi connectivity index (χ3v) is 5.39. The van der Waals surface area contributed by atoms with E-state index in [1.54, 1.807) is 20.3 Å². The maximum absolute atomic E-state index is 13.4. The molecule has 0 spiro atoms. The zero-order valence-electron chi connectivity index (χ0n) is 18.0. The number of methoxy groups -OCH3 is 2. The van der Waals surface area contributed by atoms with Crippen molar-refractivity contribution in [3.05, 3.63) is 65.7 Å². The third-order valence-electron chi connectivity index (χ3n) is 5.39. The molecule has 1 aromatic heterocycles. The number of amides is 1. The number of nitrogens with one attached hydrogen (secondary N) is 1. The second-order valence-corrected chi connectivity index (χ2v) is 7.57. The van der Waals surface area contributed by atoms with E-state index in [-0.39, 0.29) is 11.9 Å². The van der Waals surface area contributed by atoms with Gasteiger partial charge in [-0.3, -0.25) is 4.79 Å². The van der Waals surface area contributed by atoms with E-state index in [4.69, 9.17) is 9.47 Å². The normalized spacial score (nSPS) is 15.6. The highest BCUT2D eigenvalue weighted by Crippen LogP contribution is 2.27. The molecule has 1 fully saturated rings. The average Bonchev–Trinajstić information content (AvgIpc) is 3.26. The van der Waals surface area contributed by atoms with Gasteiger partial charge in [0, 0.05) is 24.7 Å². The van der Waals surface area contributed by atoms with E-state index in [1.165, 1.54) is 5.56 Å². The first kappa shape index (κ1) is 20.7. The molecule has 1 amide bonds. The third kappa shape index (κ3) is 4.60. The van der Waals surface area contributed by atoms with Gasteiger partial charge in [-0.15, -0.1) is 0 Å². The molecule has 0 bridgehead atoms. The molecule has 3 aromatic rings. The molecule has 1 aliphatic rings. The van der Waals surface area contributed by atoms with Gasteiger partial charge in [-0.1, -0.05) is 48.0 Å². The first-order valence-corrected chi connectivity index (χ1v) is 10.3. The van der Waals surface area contributed by atoms with Gasteiger partial charge in [0.25, 0.3) is 5.91 Å². The van der Waals surface area contributed by atoms with Crippen molar-refractivity contribution < 1.29 is 14.3 Å². The van der Waals surface area contributed by atoms with Crippen molar-refractivity contribution in [3.8, 4) is 22.9 Å². The Labute approximate surface area is 182 Å². The molecule has 1 atom stereocenters. The lowest BCUT2D eigenvalue weighted by atomic mass is 9.97. The van der Waals surface area contributed by atoms with Crippen LogP contribution in [0.15, 0.2) is 54.6 Å². The monoisotopic (exact) mass is 418 g/mol. The van der Waals surface area contributed by atoms with Crippen LogP contribution in [0.25, 0.3) is 11.1 Å². The fraction of sp³-hybridized carbons (Fsp3) is 0.292. The molecule has 2 aromatic carbocycles. The Balaban J connectivity index is 1.50. The Kier molecular flexibility index (Phi) is 6.02. The van der Waals surface area contributed by atoms with E-state index in [2.05, 4.69) is 34.3 Å². The number of carbonyl (C=O) groups excluding carboxylic acids is 1. The highest BCUT2D eigenvalue weighted by Gasteiger charge is 2.29. The SMILES string of the molecule is COc1cc(OC)nc(NC2CCN(C(=O)c3ccccc3-c3cccc(C)c3)C2)n1. The number of carbonyl (C=O) groups is 1. The average molecular weight is 418 g/mol. The summed E-state index contributed by atoms with van der Waals surface area (Å²) in [6, 6.07) is 17.7. The van der Waals surface area contributed by atoms with Crippen LogP contribution in [0.2, 0.25) is 0 Å². The highest BCUT2D eigenvalue weighted by molar-refractivity contribution is 6.01. The summed E-state index contributed by atoms with van der Waals surface area (Å²) in [6.07, 6.45) is 0.807. The minimum Gasteiger partial charge on any atom is -0.481 e. The zero-order chi connectivity index (χ0) is 21.8. The molecule has 4 rings (SSSR count). The number of ether oxygens (including phenoxy) is 2. The van der Waals surface area contributed by atoms with Crippen molar-refractivity contribution in [2.45, 2.75) is 19.4 Å². The first-order chi connectivity index (χ1) is 15.1. The summed E-state index contributed by atoms with van der Waals surface area (Å²) in [4.78, 5) is 23.9. The Morgan fingerprint density at radius 2 is 1.77 bits per heavy atom. The number of hydrogen-bond acceptors (Lipinski definition) is 6. The van der Waals surface area contributed by atoms with E-state index < -0.39 is 0 Å². The van der Waals surface area contributed by atoms with Gasteiger partial charge in [0.2, 0.25) is 17.7 Å². The van der Waals surface area contributed by atoms with E-state index in [0.717, 1.165) is 17.5 Å². The summed E-state index contributed by atoms with van der Waals surface area (Å²) in [6.45, 7) is 3.30. The molecule has 7 nitrogen and oxygen atoms in total. The summed E-state index contributed by atoms with van der Waals surface area (Å²) >= 11 is 0. The molecule has 1 N–H and O–H groups in total. The van der Waals surface area contributed by atoms with Crippen LogP contribution >= 0.6 is 0 Å². The predicted molar refractivity (Wildman–Crippen MR) is 120 cm³/mol. The minimum atomic E-state index is 0.0329. The van der Waals surface area contributed by atoms with E-state index in [9.17, 15) is 4.79 Å². The number of likely N-dealkylation sites (tertiary alicyclic amines) is 1. The molecular formula is C24H26N4O3. The summed E-state index contributed by atoms with van der Waals surface area (Å²) in [5.74, 6) is 1.31. The van der Waals surface area contributed by atoms with Crippen LogP contribution in [-0.2, 0) is 0 Å². The molecule has 1 unspecified atom stereocenters.